The summed E-state index contributed by atoms with van der Waals surface area (Å²) in [7, 11) is 0. The molecule has 1 saturated carbocycles. The monoisotopic (exact) mass is 171 g/mol. The maximum absolute atomic E-state index is 11.5. The van der Waals surface area contributed by atoms with Gasteiger partial charge in [-0.25, -0.2) is 0 Å². The first-order chi connectivity index (χ1) is 5.69. The summed E-state index contributed by atoms with van der Waals surface area (Å²) < 4.78 is 0. The van der Waals surface area contributed by atoms with E-state index in [4.69, 9.17) is 5.11 Å². The number of hydrogen-bond acceptors (Lipinski definition) is 3. The molecule has 70 valence electrons. The summed E-state index contributed by atoms with van der Waals surface area (Å²) >= 11 is 0. The van der Waals surface area contributed by atoms with Gasteiger partial charge >= 0.3 is 0 Å². The molecule has 3 nitrogen and oxygen atoms in total. The molecule has 0 aromatic heterocycles. The number of ketones is 1. The Morgan fingerprint density at radius 1 is 1.58 bits per heavy atom. The lowest BCUT2D eigenvalue weighted by atomic mass is 9.82. The topological polar surface area (TPSA) is 49.3 Å². The van der Waals surface area contributed by atoms with Gasteiger partial charge in [0, 0.05) is 13.0 Å². The van der Waals surface area contributed by atoms with Crippen molar-refractivity contribution in [1.82, 2.24) is 5.32 Å². The minimum Gasteiger partial charge on any atom is -0.395 e. The zero-order valence-corrected chi connectivity index (χ0v) is 7.60. The number of nitrogens with one attached hydrogen (secondary N) is 1. The van der Waals surface area contributed by atoms with E-state index < -0.39 is 0 Å². The Bertz CT molecular complexity index is 170. The molecule has 0 bridgehead atoms. The summed E-state index contributed by atoms with van der Waals surface area (Å²) in [5, 5.41) is 11.7. The molecule has 0 aromatic carbocycles. The van der Waals surface area contributed by atoms with Crippen molar-refractivity contribution in [1.29, 1.82) is 0 Å². The first-order valence-electron chi connectivity index (χ1n) is 4.58. The third-order valence-electron chi connectivity index (χ3n) is 2.57. The van der Waals surface area contributed by atoms with Gasteiger partial charge in [-0.05, 0) is 19.8 Å². The van der Waals surface area contributed by atoms with Crippen LogP contribution in [0.25, 0.3) is 0 Å². The minimum absolute atomic E-state index is 0.100. The lowest BCUT2D eigenvalue weighted by Crippen LogP contribution is -2.51. The predicted molar refractivity (Wildman–Crippen MR) is 47.0 cm³/mol. The number of β-amino-alcohol motifs (C(OH)–C–C–N with tert-alkyl or cyclic N) is 1. The van der Waals surface area contributed by atoms with Gasteiger partial charge in [-0.3, -0.25) is 4.79 Å². The maximum atomic E-state index is 11.5. The first-order valence-corrected chi connectivity index (χ1v) is 4.58. The fourth-order valence-corrected chi connectivity index (χ4v) is 1.70. The SMILES string of the molecule is C[C@]1(NCCO)CCCCC1=O. The van der Waals surface area contributed by atoms with Crippen LogP contribution in [0.3, 0.4) is 0 Å². The zero-order chi connectivity index (χ0) is 9.03. The third kappa shape index (κ3) is 2.05. The van der Waals surface area contributed by atoms with E-state index in [9.17, 15) is 4.79 Å². The molecule has 2 N–H and O–H groups in total. The largest absolute Gasteiger partial charge is 0.395 e. The van der Waals surface area contributed by atoms with Gasteiger partial charge in [0.2, 0.25) is 0 Å². The van der Waals surface area contributed by atoms with E-state index in [1.807, 2.05) is 6.92 Å². The molecule has 1 atom stereocenters. The quantitative estimate of drug-likeness (QED) is 0.649. The number of hydrogen-bond donors (Lipinski definition) is 2. The molecule has 1 aliphatic rings. The normalized spacial score (nSPS) is 30.7. The Morgan fingerprint density at radius 2 is 2.33 bits per heavy atom. The summed E-state index contributed by atoms with van der Waals surface area (Å²) in [5.41, 5.74) is -0.360. The van der Waals surface area contributed by atoms with Crippen molar-refractivity contribution < 1.29 is 9.90 Å². The van der Waals surface area contributed by atoms with E-state index in [-0.39, 0.29) is 12.1 Å². The zero-order valence-electron chi connectivity index (χ0n) is 7.60. The lowest BCUT2D eigenvalue weighted by molar-refractivity contribution is -0.126. The van der Waals surface area contributed by atoms with Crippen molar-refractivity contribution >= 4 is 5.78 Å². The number of carbonyl (C=O) groups excluding carboxylic acids is 1. The Labute approximate surface area is 73.2 Å². The number of carbonyl (C=O) groups is 1. The van der Waals surface area contributed by atoms with E-state index >= 15 is 0 Å². The van der Waals surface area contributed by atoms with Crippen LogP contribution in [0.1, 0.15) is 32.6 Å². The lowest BCUT2D eigenvalue weighted by Gasteiger charge is -2.32. The Hall–Kier alpha value is -0.410. The standard InChI is InChI=1S/C9H17NO2/c1-9(10-6-7-11)5-3-2-4-8(9)12/h10-11H,2-7H2,1H3/t9-/m0/s1. The van der Waals surface area contributed by atoms with Gasteiger partial charge < -0.3 is 10.4 Å². The summed E-state index contributed by atoms with van der Waals surface area (Å²) in [6.07, 6.45) is 3.73. The van der Waals surface area contributed by atoms with Gasteiger partial charge in [-0.2, -0.15) is 0 Å². The minimum atomic E-state index is -0.360. The molecular formula is C9H17NO2. The molecule has 3 heteroatoms. The average molecular weight is 171 g/mol. The van der Waals surface area contributed by atoms with Gasteiger partial charge in [0.05, 0.1) is 12.1 Å². The van der Waals surface area contributed by atoms with Crippen LogP contribution in [0.5, 0.6) is 0 Å². The summed E-state index contributed by atoms with van der Waals surface area (Å²) in [5.74, 6) is 0.294. The smallest absolute Gasteiger partial charge is 0.152 e. The molecule has 12 heavy (non-hydrogen) atoms. The molecule has 0 aliphatic heterocycles. The van der Waals surface area contributed by atoms with Crippen LogP contribution in [0.2, 0.25) is 0 Å². The molecule has 0 radical (unpaired) electrons. The van der Waals surface area contributed by atoms with Crippen LogP contribution in [-0.4, -0.2) is 29.6 Å². The highest BCUT2D eigenvalue weighted by Gasteiger charge is 2.33. The second-order valence-electron chi connectivity index (χ2n) is 3.61. The fourth-order valence-electron chi connectivity index (χ4n) is 1.70. The molecule has 0 saturated heterocycles. The number of aliphatic hydroxyl groups is 1. The second kappa shape index (κ2) is 4.01. The van der Waals surface area contributed by atoms with Crippen LogP contribution in [0.15, 0.2) is 0 Å². The van der Waals surface area contributed by atoms with Gasteiger partial charge in [0.25, 0.3) is 0 Å². The molecule has 0 aromatic rings. The van der Waals surface area contributed by atoms with Crippen LogP contribution in [0.4, 0.5) is 0 Å². The van der Waals surface area contributed by atoms with Crippen molar-refractivity contribution in [3.05, 3.63) is 0 Å². The van der Waals surface area contributed by atoms with Gasteiger partial charge in [0.15, 0.2) is 5.78 Å². The van der Waals surface area contributed by atoms with E-state index in [0.29, 0.717) is 18.7 Å². The second-order valence-corrected chi connectivity index (χ2v) is 3.61. The number of aliphatic hydroxyl groups excluding tert-OH is 1. The van der Waals surface area contributed by atoms with Crippen LogP contribution in [-0.2, 0) is 4.79 Å². The van der Waals surface area contributed by atoms with E-state index in [1.165, 1.54) is 0 Å². The van der Waals surface area contributed by atoms with Crippen molar-refractivity contribution in [2.75, 3.05) is 13.2 Å². The van der Waals surface area contributed by atoms with Crippen molar-refractivity contribution in [3.8, 4) is 0 Å². The molecule has 0 spiro atoms. The van der Waals surface area contributed by atoms with Crippen molar-refractivity contribution in [2.24, 2.45) is 0 Å². The van der Waals surface area contributed by atoms with E-state index in [2.05, 4.69) is 5.32 Å². The third-order valence-corrected chi connectivity index (χ3v) is 2.57. The first kappa shape index (κ1) is 9.68. The predicted octanol–water partition coefficient (Wildman–Crippen LogP) is 0.470. The van der Waals surface area contributed by atoms with Crippen LogP contribution >= 0.6 is 0 Å². The summed E-state index contributed by atoms with van der Waals surface area (Å²) in [4.78, 5) is 11.5. The van der Waals surface area contributed by atoms with Gasteiger partial charge in [-0.15, -0.1) is 0 Å². The van der Waals surface area contributed by atoms with Gasteiger partial charge in [-0.1, -0.05) is 6.42 Å². The van der Waals surface area contributed by atoms with E-state index in [0.717, 1.165) is 19.3 Å². The van der Waals surface area contributed by atoms with Gasteiger partial charge in [0.1, 0.15) is 0 Å². The van der Waals surface area contributed by atoms with Crippen LogP contribution in [0, 0.1) is 0 Å². The highest BCUT2D eigenvalue weighted by Crippen LogP contribution is 2.23. The highest BCUT2D eigenvalue weighted by molar-refractivity contribution is 5.88. The molecular weight excluding hydrogens is 154 g/mol. The van der Waals surface area contributed by atoms with Crippen molar-refractivity contribution in [2.45, 2.75) is 38.1 Å². The number of Topliss-reactive ketones (excluding diaryl/α,β-unsaturated/α-hetero) is 1. The number of rotatable bonds is 3. The van der Waals surface area contributed by atoms with Crippen LogP contribution < -0.4 is 5.32 Å². The highest BCUT2D eigenvalue weighted by atomic mass is 16.3. The molecule has 1 rings (SSSR count). The summed E-state index contributed by atoms with van der Waals surface area (Å²) in [6, 6.07) is 0. The molecule has 1 fully saturated rings. The Morgan fingerprint density at radius 3 is 2.92 bits per heavy atom. The average Bonchev–Trinajstić information content (AvgIpc) is 2.07. The van der Waals surface area contributed by atoms with Crippen molar-refractivity contribution in [3.63, 3.8) is 0 Å². The molecule has 0 amide bonds. The Balaban J connectivity index is 2.48. The Kier molecular flexibility index (Phi) is 3.23. The molecule has 0 unspecified atom stereocenters. The summed E-state index contributed by atoms with van der Waals surface area (Å²) in [6.45, 7) is 2.55. The maximum Gasteiger partial charge on any atom is 0.152 e. The fraction of sp³-hybridized carbons (Fsp3) is 0.889. The van der Waals surface area contributed by atoms with E-state index in [1.54, 1.807) is 0 Å². The molecule has 1 aliphatic carbocycles. The molecule has 0 heterocycles.